The van der Waals surface area contributed by atoms with Gasteiger partial charge in [-0.25, -0.2) is 14.0 Å². The smallest absolute Gasteiger partial charge is 0.323 e. The van der Waals surface area contributed by atoms with Crippen LogP contribution in [-0.2, 0) is 4.79 Å². The lowest BCUT2D eigenvalue weighted by atomic mass is 9.97. The van der Waals surface area contributed by atoms with Crippen molar-refractivity contribution in [1.82, 2.24) is 10.2 Å². The first-order valence-electron chi connectivity index (χ1n) is 10.2. The highest BCUT2D eigenvalue weighted by atomic mass is 19.1. The molecule has 2 aromatic carbocycles. The van der Waals surface area contributed by atoms with Crippen LogP contribution in [0.25, 0.3) is 0 Å². The topological polar surface area (TPSA) is 103 Å². The molecule has 164 valence electrons. The first kappa shape index (κ1) is 22.1. The summed E-state index contributed by atoms with van der Waals surface area (Å²) in [6.45, 7) is 3.44. The SMILES string of the molecule is CCNC(=O)[C@@H]1CCCN(C(=O)Nc2ccc(NC(=O)Nc3ccc(F)cc3)cc2)C1. The molecule has 1 fully saturated rings. The van der Waals surface area contributed by atoms with Gasteiger partial charge >= 0.3 is 12.1 Å². The number of nitrogens with zero attached hydrogens (tertiary/aromatic N) is 1. The van der Waals surface area contributed by atoms with Crippen molar-refractivity contribution >= 4 is 35.0 Å². The van der Waals surface area contributed by atoms with Crippen LogP contribution in [0, 0.1) is 11.7 Å². The van der Waals surface area contributed by atoms with Crippen molar-refractivity contribution in [3.8, 4) is 0 Å². The van der Waals surface area contributed by atoms with Crippen molar-refractivity contribution in [3.63, 3.8) is 0 Å². The number of carbonyl (C=O) groups is 3. The Kier molecular flexibility index (Phi) is 7.42. The highest BCUT2D eigenvalue weighted by Gasteiger charge is 2.28. The van der Waals surface area contributed by atoms with Crippen LogP contribution in [0.3, 0.4) is 0 Å². The number of anilines is 3. The lowest BCUT2D eigenvalue weighted by Crippen LogP contribution is -2.46. The predicted molar refractivity (Wildman–Crippen MR) is 117 cm³/mol. The van der Waals surface area contributed by atoms with E-state index in [1.165, 1.54) is 24.3 Å². The van der Waals surface area contributed by atoms with E-state index in [1.54, 1.807) is 29.2 Å². The molecule has 0 bridgehead atoms. The van der Waals surface area contributed by atoms with Gasteiger partial charge in [-0.2, -0.15) is 0 Å². The fourth-order valence-corrected chi connectivity index (χ4v) is 3.36. The van der Waals surface area contributed by atoms with Gasteiger partial charge in [-0.3, -0.25) is 4.79 Å². The maximum atomic E-state index is 12.9. The number of benzene rings is 2. The summed E-state index contributed by atoms with van der Waals surface area (Å²) in [6.07, 6.45) is 1.55. The number of nitrogens with one attached hydrogen (secondary N) is 4. The number of amides is 5. The first-order chi connectivity index (χ1) is 14.9. The molecule has 4 N–H and O–H groups in total. The Morgan fingerprint density at radius 3 is 2.06 bits per heavy atom. The predicted octanol–water partition coefficient (Wildman–Crippen LogP) is 3.85. The van der Waals surface area contributed by atoms with Gasteiger partial charge in [-0.1, -0.05) is 0 Å². The Hall–Kier alpha value is -3.62. The second-order valence-corrected chi connectivity index (χ2v) is 7.27. The number of hydrogen-bond donors (Lipinski definition) is 4. The van der Waals surface area contributed by atoms with Gasteiger partial charge in [0.05, 0.1) is 5.92 Å². The largest absolute Gasteiger partial charge is 0.356 e. The second-order valence-electron chi connectivity index (χ2n) is 7.27. The zero-order valence-electron chi connectivity index (χ0n) is 17.3. The van der Waals surface area contributed by atoms with Crippen molar-refractivity contribution < 1.29 is 18.8 Å². The third-order valence-electron chi connectivity index (χ3n) is 4.93. The van der Waals surface area contributed by atoms with Crippen LogP contribution in [0.4, 0.5) is 31.0 Å². The first-order valence-corrected chi connectivity index (χ1v) is 10.2. The maximum absolute atomic E-state index is 12.9. The molecule has 31 heavy (non-hydrogen) atoms. The van der Waals surface area contributed by atoms with E-state index in [2.05, 4.69) is 21.3 Å². The number of piperidine rings is 1. The molecular weight excluding hydrogens is 401 g/mol. The summed E-state index contributed by atoms with van der Waals surface area (Å²) in [5, 5.41) is 10.9. The standard InChI is InChI=1S/C22H26FN5O3/c1-2-24-20(29)15-4-3-13-28(14-15)22(31)27-19-11-9-18(10-12-19)26-21(30)25-17-7-5-16(23)6-8-17/h5-12,15H,2-4,13-14H2,1H3,(H,24,29)(H,27,31)(H2,25,26,30)/t15-/m1/s1. The molecule has 0 saturated carbocycles. The van der Waals surface area contributed by atoms with Crippen molar-refractivity contribution in [2.24, 2.45) is 5.92 Å². The highest BCUT2D eigenvalue weighted by Crippen LogP contribution is 2.19. The lowest BCUT2D eigenvalue weighted by molar-refractivity contribution is -0.126. The highest BCUT2D eigenvalue weighted by molar-refractivity contribution is 6.00. The molecule has 8 nitrogen and oxygen atoms in total. The van der Waals surface area contributed by atoms with Crippen LogP contribution in [0.5, 0.6) is 0 Å². The van der Waals surface area contributed by atoms with Crippen molar-refractivity contribution in [2.45, 2.75) is 19.8 Å². The van der Waals surface area contributed by atoms with Gasteiger partial charge in [-0.05, 0) is 68.3 Å². The third kappa shape index (κ3) is 6.43. The summed E-state index contributed by atoms with van der Waals surface area (Å²) < 4.78 is 12.9. The number of rotatable bonds is 5. The van der Waals surface area contributed by atoms with E-state index in [0.717, 1.165) is 12.8 Å². The number of hydrogen-bond acceptors (Lipinski definition) is 3. The molecule has 0 aliphatic carbocycles. The maximum Gasteiger partial charge on any atom is 0.323 e. The Balaban J connectivity index is 1.50. The summed E-state index contributed by atoms with van der Waals surface area (Å²) in [6, 6.07) is 11.4. The average Bonchev–Trinajstić information content (AvgIpc) is 2.77. The van der Waals surface area contributed by atoms with E-state index < -0.39 is 6.03 Å². The fraction of sp³-hybridized carbons (Fsp3) is 0.318. The van der Waals surface area contributed by atoms with Crippen LogP contribution in [0.2, 0.25) is 0 Å². The van der Waals surface area contributed by atoms with Crippen LogP contribution < -0.4 is 21.3 Å². The summed E-state index contributed by atoms with van der Waals surface area (Å²) in [4.78, 5) is 38.3. The summed E-state index contributed by atoms with van der Waals surface area (Å²) in [7, 11) is 0. The van der Waals surface area contributed by atoms with Crippen molar-refractivity contribution in [1.29, 1.82) is 0 Å². The number of carbonyl (C=O) groups excluding carboxylic acids is 3. The lowest BCUT2D eigenvalue weighted by Gasteiger charge is -2.32. The van der Waals surface area contributed by atoms with Gasteiger partial charge in [0.25, 0.3) is 0 Å². The minimum atomic E-state index is -0.465. The molecule has 3 rings (SSSR count). The van der Waals surface area contributed by atoms with Gasteiger partial charge < -0.3 is 26.2 Å². The molecule has 0 unspecified atom stereocenters. The molecule has 5 amide bonds. The molecule has 1 aliphatic heterocycles. The van der Waals surface area contributed by atoms with Gasteiger partial charge in [0.2, 0.25) is 5.91 Å². The van der Waals surface area contributed by atoms with Gasteiger partial charge in [0.15, 0.2) is 0 Å². The van der Waals surface area contributed by atoms with Gasteiger partial charge in [0.1, 0.15) is 5.82 Å². The van der Waals surface area contributed by atoms with Gasteiger partial charge in [-0.15, -0.1) is 0 Å². The molecule has 1 heterocycles. The van der Waals surface area contributed by atoms with Crippen molar-refractivity contribution in [3.05, 3.63) is 54.3 Å². The zero-order chi connectivity index (χ0) is 22.2. The molecule has 1 aliphatic rings. The Morgan fingerprint density at radius 2 is 1.48 bits per heavy atom. The molecule has 0 aromatic heterocycles. The summed E-state index contributed by atoms with van der Waals surface area (Å²) in [5.41, 5.74) is 1.58. The minimum Gasteiger partial charge on any atom is -0.356 e. The van der Waals surface area contributed by atoms with Crippen molar-refractivity contribution in [2.75, 3.05) is 35.6 Å². The average molecular weight is 427 g/mol. The van der Waals surface area contributed by atoms with Gasteiger partial charge in [0, 0.05) is 36.7 Å². The number of urea groups is 2. The Labute approximate surface area is 180 Å². The summed E-state index contributed by atoms with van der Waals surface area (Å²) >= 11 is 0. The zero-order valence-corrected chi connectivity index (χ0v) is 17.3. The molecule has 1 saturated heterocycles. The van der Waals surface area contributed by atoms with E-state index in [9.17, 15) is 18.8 Å². The molecule has 0 spiro atoms. The van der Waals surface area contributed by atoms with E-state index >= 15 is 0 Å². The molecule has 9 heteroatoms. The fourth-order valence-electron chi connectivity index (χ4n) is 3.36. The van der Waals surface area contributed by atoms with E-state index in [1.807, 2.05) is 6.92 Å². The quantitative estimate of drug-likeness (QED) is 0.583. The summed E-state index contributed by atoms with van der Waals surface area (Å²) in [5.74, 6) is -0.590. The molecule has 2 aromatic rings. The monoisotopic (exact) mass is 427 g/mol. The Morgan fingerprint density at radius 1 is 0.935 bits per heavy atom. The van der Waals surface area contributed by atoms with E-state index in [0.29, 0.717) is 36.7 Å². The van der Waals surface area contributed by atoms with Crippen LogP contribution in [0.1, 0.15) is 19.8 Å². The van der Waals surface area contributed by atoms with Crippen LogP contribution in [0.15, 0.2) is 48.5 Å². The van der Waals surface area contributed by atoms with Crippen LogP contribution >= 0.6 is 0 Å². The molecule has 1 atom stereocenters. The number of halogens is 1. The Bertz CT molecular complexity index is 918. The molecular formula is C22H26FN5O3. The number of likely N-dealkylation sites (tertiary alicyclic amines) is 1. The van der Waals surface area contributed by atoms with E-state index in [-0.39, 0.29) is 23.7 Å². The normalized spacial score (nSPS) is 15.7. The molecule has 0 radical (unpaired) electrons. The second kappa shape index (κ2) is 10.4. The van der Waals surface area contributed by atoms with E-state index in [4.69, 9.17) is 0 Å². The third-order valence-corrected chi connectivity index (χ3v) is 4.93. The van der Waals surface area contributed by atoms with Crippen LogP contribution in [-0.4, -0.2) is 42.5 Å². The minimum absolute atomic E-state index is 0.0191.